The number of hydrogen-bond donors (Lipinski definition) is 2. The summed E-state index contributed by atoms with van der Waals surface area (Å²) in [5.74, 6) is 0.656. The minimum atomic E-state index is -1.31. The van der Waals surface area contributed by atoms with Crippen LogP contribution in [0.3, 0.4) is 0 Å². The first-order valence-electron chi connectivity index (χ1n) is 14.6. The van der Waals surface area contributed by atoms with Gasteiger partial charge in [-0.05, 0) is 54.5 Å². The Kier molecular flexibility index (Phi) is 10.7. The average Bonchev–Trinajstić information content (AvgIpc) is 3.76. The third-order valence-electron chi connectivity index (χ3n) is 7.76. The Bertz CT molecular complexity index is 1290. The van der Waals surface area contributed by atoms with Gasteiger partial charge < -0.3 is 15.5 Å². The molecule has 1 atom stereocenters. The summed E-state index contributed by atoms with van der Waals surface area (Å²) in [6.45, 7) is 10.3. The van der Waals surface area contributed by atoms with E-state index in [4.69, 9.17) is 0 Å². The number of hydrogen-bond acceptors (Lipinski definition) is 6. The van der Waals surface area contributed by atoms with Crippen molar-refractivity contribution in [3.63, 3.8) is 0 Å². The molecule has 2 amide bonds. The monoisotopic (exact) mass is 577 g/mol. The molecule has 2 aromatic rings. The minimum absolute atomic E-state index is 0.152. The molecule has 1 heterocycles. The van der Waals surface area contributed by atoms with Gasteiger partial charge in [0.05, 0.1) is 5.57 Å². The molecule has 1 aliphatic heterocycles. The molecule has 0 bridgehead atoms. The van der Waals surface area contributed by atoms with E-state index in [1.165, 1.54) is 24.7 Å². The van der Waals surface area contributed by atoms with Crippen LogP contribution < -0.4 is 15.5 Å². The van der Waals surface area contributed by atoms with E-state index in [2.05, 4.69) is 70.7 Å². The van der Waals surface area contributed by atoms with Gasteiger partial charge in [0, 0.05) is 60.7 Å². The molecule has 41 heavy (non-hydrogen) atoms. The summed E-state index contributed by atoms with van der Waals surface area (Å²) in [5, 5.41) is 11.8. The molecule has 9 heteroatoms. The number of carbonyl (C=O) groups is 2. The van der Waals surface area contributed by atoms with Gasteiger partial charge >= 0.3 is 0 Å². The SMILES string of the molecule is C=NN(CCC1CC1)/C(NC(=O)CS(C)=O)=C(\CCC)C(=O)Nc1ccc(N2CC(c3ccccc3)C2)cc1CC. The second-order valence-electron chi connectivity index (χ2n) is 11.0. The fourth-order valence-electron chi connectivity index (χ4n) is 5.22. The first-order valence-corrected chi connectivity index (χ1v) is 16.4. The maximum Gasteiger partial charge on any atom is 0.255 e. The zero-order chi connectivity index (χ0) is 29.4. The lowest BCUT2D eigenvalue weighted by Gasteiger charge is -2.41. The highest BCUT2D eigenvalue weighted by atomic mass is 32.2. The van der Waals surface area contributed by atoms with Gasteiger partial charge in [0.1, 0.15) is 11.6 Å². The van der Waals surface area contributed by atoms with Crippen LogP contribution in [0, 0.1) is 5.92 Å². The highest BCUT2D eigenvalue weighted by Gasteiger charge is 2.29. The highest BCUT2D eigenvalue weighted by Crippen LogP contribution is 2.34. The van der Waals surface area contributed by atoms with E-state index in [1.54, 1.807) is 5.01 Å². The van der Waals surface area contributed by atoms with Crippen molar-refractivity contribution in [3.8, 4) is 0 Å². The summed E-state index contributed by atoms with van der Waals surface area (Å²) >= 11 is 0. The van der Waals surface area contributed by atoms with Gasteiger partial charge in [-0.15, -0.1) is 0 Å². The standard InChI is InChI=1S/C32H43N5O3S/c1-5-10-28(31(35-30(38)22-41(4)40)37(33-3)18-17-23-13-14-23)32(39)34-29-16-15-27(19-24(29)6-2)36-20-26(21-36)25-11-8-7-9-12-25/h7-9,11-12,15-16,19,23,26H,3,5-6,10,13-14,17-18,20-22H2,1-2,4H3,(H,34,39)(H,35,38)/b31-28+. The Hall–Kier alpha value is -3.46. The summed E-state index contributed by atoms with van der Waals surface area (Å²) in [4.78, 5) is 28.9. The van der Waals surface area contributed by atoms with Crippen LogP contribution in [0.2, 0.25) is 0 Å². The predicted molar refractivity (Wildman–Crippen MR) is 168 cm³/mol. The van der Waals surface area contributed by atoms with Crippen molar-refractivity contribution < 1.29 is 13.8 Å². The topological polar surface area (TPSA) is 94.1 Å². The highest BCUT2D eigenvalue weighted by molar-refractivity contribution is 7.85. The molecule has 220 valence electrons. The second kappa shape index (κ2) is 14.4. The fraction of sp³-hybridized carbons (Fsp3) is 0.469. The Morgan fingerprint density at radius 1 is 1.12 bits per heavy atom. The van der Waals surface area contributed by atoms with Crippen LogP contribution >= 0.6 is 0 Å². The first-order chi connectivity index (χ1) is 19.8. The van der Waals surface area contributed by atoms with Gasteiger partial charge in [-0.25, -0.2) is 5.01 Å². The van der Waals surface area contributed by atoms with Crippen LogP contribution in [0.5, 0.6) is 0 Å². The number of nitrogens with one attached hydrogen (secondary N) is 2. The third-order valence-corrected chi connectivity index (χ3v) is 8.43. The Morgan fingerprint density at radius 3 is 2.46 bits per heavy atom. The number of rotatable bonds is 15. The van der Waals surface area contributed by atoms with E-state index in [0.717, 1.165) is 42.9 Å². The lowest BCUT2D eigenvalue weighted by Crippen LogP contribution is -2.45. The zero-order valence-corrected chi connectivity index (χ0v) is 25.3. The number of anilines is 2. The molecular weight excluding hydrogens is 534 g/mol. The number of aryl methyl sites for hydroxylation is 1. The molecule has 0 spiro atoms. The molecule has 1 saturated carbocycles. The average molecular weight is 578 g/mol. The first kappa shape index (κ1) is 30.5. The van der Waals surface area contributed by atoms with Gasteiger partial charge in [0.25, 0.3) is 5.91 Å². The van der Waals surface area contributed by atoms with E-state index < -0.39 is 16.7 Å². The molecule has 1 unspecified atom stereocenters. The smallest absolute Gasteiger partial charge is 0.255 e. The van der Waals surface area contributed by atoms with Crippen molar-refractivity contribution >= 4 is 40.7 Å². The van der Waals surface area contributed by atoms with E-state index >= 15 is 0 Å². The predicted octanol–water partition coefficient (Wildman–Crippen LogP) is 5.02. The Morgan fingerprint density at radius 2 is 1.85 bits per heavy atom. The third kappa shape index (κ3) is 8.28. The molecule has 0 radical (unpaired) electrons. The van der Waals surface area contributed by atoms with Crippen LogP contribution in [-0.4, -0.2) is 59.4 Å². The van der Waals surface area contributed by atoms with E-state index in [-0.39, 0.29) is 11.7 Å². The molecule has 2 aliphatic rings. The van der Waals surface area contributed by atoms with Gasteiger partial charge in [-0.1, -0.05) is 63.4 Å². The lowest BCUT2D eigenvalue weighted by molar-refractivity contribution is -0.118. The maximum absolute atomic E-state index is 13.8. The largest absolute Gasteiger partial charge is 0.370 e. The van der Waals surface area contributed by atoms with Crippen LogP contribution in [0.1, 0.15) is 63.0 Å². The number of hydrazone groups is 1. The number of carbonyl (C=O) groups excluding carboxylic acids is 2. The van der Waals surface area contributed by atoms with Gasteiger partial charge in [0.2, 0.25) is 5.91 Å². The van der Waals surface area contributed by atoms with Crippen LogP contribution in [0.4, 0.5) is 11.4 Å². The number of nitrogens with zero attached hydrogens (tertiary/aromatic N) is 3. The minimum Gasteiger partial charge on any atom is -0.370 e. The molecule has 2 fully saturated rings. The molecule has 0 aromatic heterocycles. The van der Waals surface area contributed by atoms with Crippen molar-refractivity contribution in [1.82, 2.24) is 10.3 Å². The lowest BCUT2D eigenvalue weighted by atomic mass is 9.90. The fourth-order valence-corrected chi connectivity index (χ4v) is 5.66. The van der Waals surface area contributed by atoms with Crippen LogP contribution in [-0.2, 0) is 26.8 Å². The number of amides is 2. The molecule has 2 N–H and O–H groups in total. The molecule has 8 nitrogen and oxygen atoms in total. The van der Waals surface area contributed by atoms with Gasteiger partial charge in [0.15, 0.2) is 0 Å². The normalized spacial score (nSPS) is 16.3. The van der Waals surface area contributed by atoms with E-state index in [1.807, 2.05) is 19.1 Å². The Balaban J connectivity index is 1.54. The van der Waals surface area contributed by atoms with Crippen LogP contribution in [0.25, 0.3) is 0 Å². The van der Waals surface area contributed by atoms with Crippen molar-refractivity contribution in [2.45, 2.75) is 58.3 Å². The summed E-state index contributed by atoms with van der Waals surface area (Å²) in [7, 11) is -1.31. The zero-order valence-electron chi connectivity index (χ0n) is 24.5. The van der Waals surface area contributed by atoms with Crippen molar-refractivity contribution in [2.24, 2.45) is 11.0 Å². The van der Waals surface area contributed by atoms with E-state index in [9.17, 15) is 13.8 Å². The van der Waals surface area contributed by atoms with Crippen molar-refractivity contribution in [1.29, 1.82) is 0 Å². The summed E-state index contributed by atoms with van der Waals surface area (Å²) in [5.41, 5.74) is 4.76. The van der Waals surface area contributed by atoms with E-state index in [0.29, 0.717) is 42.6 Å². The van der Waals surface area contributed by atoms with Gasteiger partial charge in [-0.2, -0.15) is 5.10 Å². The van der Waals surface area contributed by atoms with Crippen LogP contribution in [0.15, 0.2) is 65.0 Å². The van der Waals surface area contributed by atoms with Gasteiger partial charge in [-0.3, -0.25) is 13.8 Å². The molecule has 2 aromatic carbocycles. The van der Waals surface area contributed by atoms with Crippen molar-refractivity contribution in [3.05, 3.63) is 71.1 Å². The molecule has 1 aliphatic carbocycles. The van der Waals surface area contributed by atoms with Crippen molar-refractivity contribution in [2.75, 3.05) is 41.9 Å². The summed E-state index contributed by atoms with van der Waals surface area (Å²) < 4.78 is 11.7. The number of benzene rings is 2. The maximum atomic E-state index is 13.8. The summed E-state index contributed by atoms with van der Waals surface area (Å²) in [6.07, 6.45) is 6.67. The summed E-state index contributed by atoms with van der Waals surface area (Å²) in [6, 6.07) is 16.8. The quantitative estimate of drug-likeness (QED) is 0.176. The second-order valence-corrected chi connectivity index (χ2v) is 12.4. The molecule has 1 saturated heterocycles. The molecule has 4 rings (SSSR count). The molecular formula is C32H43N5O3S. The Labute approximate surface area is 246 Å².